The third-order valence-corrected chi connectivity index (χ3v) is 10.1. The predicted octanol–water partition coefficient (Wildman–Crippen LogP) is 4.93. The summed E-state index contributed by atoms with van der Waals surface area (Å²) in [6, 6.07) is 4.25. The summed E-state index contributed by atoms with van der Waals surface area (Å²) < 4.78 is 175. The Morgan fingerprint density at radius 1 is 0.478 bits per heavy atom. The van der Waals surface area contributed by atoms with Gasteiger partial charge < -0.3 is 39.4 Å². The molecular weight excluding hydrogens is 946 g/mol. The van der Waals surface area contributed by atoms with Crippen LogP contribution in [0.2, 0.25) is 0 Å². The fraction of sp³-hybridized carbons (Fsp3) is 0.128. The zero-order valence-electron chi connectivity index (χ0n) is 31.6. The van der Waals surface area contributed by atoms with Gasteiger partial charge in [-0.3, -0.25) is 19.2 Å². The number of cyclic esters (lactones) is 4. The zero-order chi connectivity index (χ0) is 50.3. The highest BCUT2D eigenvalue weighted by molar-refractivity contribution is 6.19. The molecule has 6 rings (SSSR count). The van der Waals surface area contributed by atoms with Gasteiger partial charge >= 0.3 is 77.5 Å². The van der Waals surface area contributed by atoms with Crippen molar-refractivity contribution >= 4 is 59.7 Å². The van der Waals surface area contributed by atoms with E-state index in [1.54, 1.807) is 0 Å². The molecule has 4 aromatic rings. The van der Waals surface area contributed by atoms with E-state index in [0.717, 1.165) is 18.2 Å². The number of fused-ring (bicyclic) bond motifs is 2. The van der Waals surface area contributed by atoms with Crippen LogP contribution in [0.15, 0.2) is 60.7 Å². The predicted molar refractivity (Wildman–Crippen MR) is 183 cm³/mol. The zero-order valence-corrected chi connectivity index (χ0v) is 31.6. The first-order valence-corrected chi connectivity index (χ1v) is 17.3. The molecule has 0 amide bonds. The van der Waals surface area contributed by atoms with Crippen molar-refractivity contribution in [3.05, 3.63) is 128 Å². The molecule has 2 aliphatic rings. The molecule has 67 heavy (non-hydrogen) atoms. The molecule has 18 nitrogen and oxygen atoms in total. The number of carboxylic acid groups (broad SMARTS) is 4. The third kappa shape index (κ3) is 6.57. The number of halogens is 10. The van der Waals surface area contributed by atoms with E-state index in [1.165, 1.54) is 0 Å². The monoisotopic (exact) mass is 960 g/mol. The number of rotatable bonds is 14. The van der Waals surface area contributed by atoms with Crippen LogP contribution in [0.3, 0.4) is 0 Å². The van der Waals surface area contributed by atoms with E-state index in [0.29, 0.717) is 18.2 Å². The summed E-state index contributed by atoms with van der Waals surface area (Å²) in [6.07, 6.45) is 0. The van der Waals surface area contributed by atoms with Crippen LogP contribution in [0.5, 0.6) is 11.5 Å². The lowest BCUT2D eigenvalue weighted by Crippen LogP contribution is -2.76. The molecule has 0 saturated heterocycles. The maximum Gasteiger partial charge on any atom is 0.378 e. The van der Waals surface area contributed by atoms with Gasteiger partial charge in [-0.1, -0.05) is 12.1 Å². The normalized spacial score (nSPS) is 13.9. The molecule has 0 unspecified atom stereocenters. The van der Waals surface area contributed by atoms with Crippen LogP contribution in [0.4, 0.5) is 43.9 Å². The Morgan fingerprint density at radius 2 is 0.866 bits per heavy atom. The molecule has 4 aromatic carbocycles. The highest BCUT2D eigenvalue weighted by Crippen LogP contribution is 2.64. The van der Waals surface area contributed by atoms with Crippen molar-refractivity contribution in [1.29, 1.82) is 0 Å². The van der Waals surface area contributed by atoms with Gasteiger partial charge in [0.15, 0.2) is 11.6 Å². The SMILES string of the molecule is O=C(Oc1ccc(C(C(=O)O)(C(=O)O)C(C(=O)O)(C(=O)O)C(F)(F)C(F)(F)C(F)(F)c2c(F)c(F)c(OC(=O)c3ccc4c(c3)C(=O)OC4=O)c(F)c2F)cc1)c1ccc2c(c1)C(=O)OC2=O. The standard InChI is InChI=1S/C39H14F10O18/c40-20-19(21(41)23(43)24(22(20)42)65-26(51)12-2-8-16-18(10-12)30(55)67-28(16)53)37(44,45)39(48,49)38(46,47)36(33(60)61,34(62)63)35(31(56)57,32(58)59)13-3-5-14(6-4-13)64-25(50)11-1-7-15-17(9-11)29(54)66-27(15)52/h1-10H,(H,56,57)(H,58,59)(H,60,61)(H,62,63). The lowest BCUT2D eigenvalue weighted by atomic mass is 9.54. The Labute approximate surface area is 359 Å². The first-order valence-electron chi connectivity index (χ1n) is 17.3. The third-order valence-electron chi connectivity index (χ3n) is 10.1. The summed E-state index contributed by atoms with van der Waals surface area (Å²) >= 11 is 0. The molecule has 0 fully saturated rings. The van der Waals surface area contributed by atoms with Gasteiger partial charge in [-0.15, -0.1) is 0 Å². The molecule has 0 saturated carbocycles. The number of esters is 6. The molecular formula is C39H14F10O18. The average molecular weight is 961 g/mol. The van der Waals surface area contributed by atoms with Crippen LogP contribution in [-0.2, 0) is 40.0 Å². The molecule has 0 spiro atoms. The molecule has 2 aliphatic heterocycles. The topological polar surface area (TPSA) is 289 Å². The minimum atomic E-state index is -8.19. The molecule has 2 heterocycles. The number of benzene rings is 4. The number of ether oxygens (including phenoxy) is 4. The minimum absolute atomic E-state index is 0.158. The van der Waals surface area contributed by atoms with Crippen molar-refractivity contribution in [2.75, 3.05) is 0 Å². The van der Waals surface area contributed by atoms with Crippen molar-refractivity contribution in [2.24, 2.45) is 5.41 Å². The summed E-state index contributed by atoms with van der Waals surface area (Å²) in [5, 5.41) is 40.2. The lowest BCUT2D eigenvalue weighted by molar-refractivity contribution is -0.348. The van der Waals surface area contributed by atoms with E-state index in [4.69, 9.17) is 4.74 Å². The molecule has 0 bridgehead atoms. The fourth-order valence-electron chi connectivity index (χ4n) is 6.87. The van der Waals surface area contributed by atoms with Gasteiger partial charge in [0, 0.05) is 0 Å². The molecule has 0 aliphatic carbocycles. The number of hydrogen-bond acceptors (Lipinski definition) is 14. The lowest BCUT2D eigenvalue weighted by Gasteiger charge is -2.46. The number of carbonyl (C=O) groups excluding carboxylic acids is 6. The first-order chi connectivity index (χ1) is 31.0. The quantitative estimate of drug-likeness (QED) is 0.0428. The number of carboxylic acids is 4. The van der Waals surface area contributed by atoms with Crippen molar-refractivity contribution < 1.29 is 131 Å². The second kappa shape index (κ2) is 15.8. The smallest absolute Gasteiger partial charge is 0.378 e. The average Bonchev–Trinajstić information content (AvgIpc) is 3.70. The fourth-order valence-corrected chi connectivity index (χ4v) is 6.87. The Kier molecular flexibility index (Phi) is 11.2. The van der Waals surface area contributed by atoms with Crippen LogP contribution < -0.4 is 9.47 Å². The Bertz CT molecular complexity index is 2930. The van der Waals surface area contributed by atoms with Gasteiger partial charge in [0.05, 0.1) is 33.4 Å². The van der Waals surface area contributed by atoms with Crippen LogP contribution in [0, 0.1) is 28.7 Å². The maximum atomic E-state index is 16.5. The van der Waals surface area contributed by atoms with E-state index in [-0.39, 0.29) is 29.8 Å². The van der Waals surface area contributed by atoms with E-state index in [1.807, 2.05) is 0 Å². The minimum Gasteiger partial charge on any atom is -0.480 e. The second-order valence-corrected chi connectivity index (χ2v) is 13.6. The van der Waals surface area contributed by atoms with Crippen LogP contribution in [0.25, 0.3) is 0 Å². The number of hydrogen-bond donors (Lipinski definition) is 4. The summed E-state index contributed by atoms with van der Waals surface area (Å²) in [5.41, 5.74) is -22.3. The van der Waals surface area contributed by atoms with Crippen LogP contribution >= 0.6 is 0 Å². The second-order valence-electron chi connectivity index (χ2n) is 13.6. The van der Waals surface area contributed by atoms with E-state index < -0.39 is 162 Å². The van der Waals surface area contributed by atoms with Gasteiger partial charge in [0.1, 0.15) is 11.3 Å². The van der Waals surface area contributed by atoms with Gasteiger partial charge in [-0.25, -0.2) is 37.5 Å². The molecule has 4 N–H and O–H groups in total. The Morgan fingerprint density at radius 3 is 1.25 bits per heavy atom. The van der Waals surface area contributed by atoms with E-state index >= 15 is 43.9 Å². The first kappa shape index (κ1) is 47.8. The van der Waals surface area contributed by atoms with Crippen LogP contribution in [-0.4, -0.2) is 92.0 Å². The molecule has 0 aromatic heterocycles. The summed E-state index contributed by atoms with van der Waals surface area (Å²) in [7, 11) is 0. The molecule has 0 radical (unpaired) electrons. The summed E-state index contributed by atoms with van der Waals surface area (Å²) in [4.78, 5) is 123. The van der Waals surface area contributed by atoms with Gasteiger partial charge in [-0.05, 0) is 54.1 Å². The highest BCUT2D eigenvalue weighted by atomic mass is 19.3. The number of aliphatic carboxylic acids is 4. The van der Waals surface area contributed by atoms with Crippen molar-refractivity contribution in [3.8, 4) is 11.5 Å². The van der Waals surface area contributed by atoms with Gasteiger partial charge in [0.25, 0.3) is 5.41 Å². The van der Waals surface area contributed by atoms with E-state index in [9.17, 15) is 68.4 Å². The summed E-state index contributed by atoms with van der Waals surface area (Å²) in [5.74, 6) is -66.5. The van der Waals surface area contributed by atoms with Crippen molar-refractivity contribution in [1.82, 2.24) is 0 Å². The van der Waals surface area contributed by atoms with E-state index in [2.05, 4.69) is 14.2 Å². The van der Waals surface area contributed by atoms with Gasteiger partial charge in [-0.2, -0.15) is 35.1 Å². The molecule has 0 atom stereocenters. The maximum absolute atomic E-state index is 16.5. The van der Waals surface area contributed by atoms with Crippen molar-refractivity contribution in [2.45, 2.75) is 23.2 Å². The van der Waals surface area contributed by atoms with Crippen LogP contribution in [0.1, 0.15) is 73.3 Å². The van der Waals surface area contributed by atoms with Crippen molar-refractivity contribution in [3.63, 3.8) is 0 Å². The molecule has 28 heteroatoms. The van der Waals surface area contributed by atoms with Gasteiger partial charge in [0.2, 0.25) is 22.8 Å². The Hall–Kier alpha value is -8.72. The number of alkyl halides is 6. The number of carbonyl (C=O) groups is 10. The highest BCUT2D eigenvalue weighted by Gasteiger charge is 2.92. The summed E-state index contributed by atoms with van der Waals surface area (Å²) in [6.45, 7) is 0. The largest absolute Gasteiger partial charge is 0.480 e. The molecule has 348 valence electrons. The Balaban J connectivity index is 1.44.